The molecule has 2 nitrogen and oxygen atoms in total. The first-order valence-corrected chi connectivity index (χ1v) is 6.32. The number of aryl methyl sites for hydroxylation is 2. The summed E-state index contributed by atoms with van der Waals surface area (Å²) in [6.45, 7) is 4.02. The predicted molar refractivity (Wildman–Crippen MR) is 70.8 cm³/mol. The number of aliphatic hydroxyl groups excluding tert-OH is 1. The highest BCUT2D eigenvalue weighted by Gasteiger charge is 2.13. The fourth-order valence-corrected chi connectivity index (χ4v) is 2.73. The van der Waals surface area contributed by atoms with Crippen molar-refractivity contribution in [1.29, 1.82) is 0 Å². The van der Waals surface area contributed by atoms with Crippen LogP contribution in [0.15, 0.2) is 30.3 Å². The highest BCUT2D eigenvalue weighted by molar-refractivity contribution is 7.12. The Labute approximate surface area is 105 Å². The topological polar surface area (TPSA) is 29.5 Å². The Morgan fingerprint density at radius 2 is 1.94 bits per heavy atom. The number of rotatable bonds is 3. The zero-order valence-corrected chi connectivity index (χ0v) is 11.0. The van der Waals surface area contributed by atoms with Crippen LogP contribution in [-0.2, 0) is 0 Å². The Balaban J connectivity index is 2.31. The van der Waals surface area contributed by atoms with E-state index in [2.05, 4.69) is 0 Å². The van der Waals surface area contributed by atoms with Crippen LogP contribution in [0.2, 0.25) is 0 Å². The molecule has 1 unspecified atom stereocenters. The first-order valence-electron chi connectivity index (χ1n) is 5.50. The summed E-state index contributed by atoms with van der Waals surface area (Å²) in [6.07, 6.45) is -0.543. The monoisotopic (exact) mass is 248 g/mol. The molecule has 1 heterocycles. The molecular weight excluding hydrogens is 232 g/mol. The lowest BCUT2D eigenvalue weighted by atomic mass is 10.0. The summed E-state index contributed by atoms with van der Waals surface area (Å²) in [5.41, 5.74) is 1.95. The highest BCUT2D eigenvalue weighted by Crippen LogP contribution is 2.30. The molecule has 1 atom stereocenters. The third-order valence-corrected chi connectivity index (χ3v) is 3.82. The standard InChI is InChI=1S/C14H16O2S/c1-9-8-11(5-6-12(9)16-3)14(15)13-7-4-10(2)17-13/h4-8,14-15H,1-3H3. The fourth-order valence-electron chi connectivity index (χ4n) is 1.84. The van der Waals surface area contributed by atoms with Gasteiger partial charge in [0, 0.05) is 9.75 Å². The van der Waals surface area contributed by atoms with E-state index in [1.165, 1.54) is 4.88 Å². The average molecular weight is 248 g/mol. The first-order chi connectivity index (χ1) is 8.11. The quantitative estimate of drug-likeness (QED) is 0.901. The van der Waals surface area contributed by atoms with Crippen molar-refractivity contribution in [1.82, 2.24) is 0 Å². The van der Waals surface area contributed by atoms with Crippen molar-refractivity contribution in [2.24, 2.45) is 0 Å². The van der Waals surface area contributed by atoms with Gasteiger partial charge in [-0.3, -0.25) is 0 Å². The van der Waals surface area contributed by atoms with Gasteiger partial charge in [0.05, 0.1) is 7.11 Å². The van der Waals surface area contributed by atoms with Crippen LogP contribution in [0.1, 0.15) is 27.0 Å². The summed E-state index contributed by atoms with van der Waals surface area (Å²) in [5.74, 6) is 0.850. The minimum absolute atomic E-state index is 0.543. The van der Waals surface area contributed by atoms with Crippen LogP contribution >= 0.6 is 11.3 Å². The van der Waals surface area contributed by atoms with Crippen LogP contribution < -0.4 is 4.74 Å². The summed E-state index contributed by atoms with van der Waals surface area (Å²) >= 11 is 1.63. The molecule has 0 aliphatic carbocycles. The van der Waals surface area contributed by atoms with Crippen LogP contribution in [0.5, 0.6) is 5.75 Å². The summed E-state index contributed by atoms with van der Waals surface area (Å²) < 4.78 is 5.21. The number of benzene rings is 1. The molecule has 0 saturated carbocycles. The number of methoxy groups -OCH3 is 1. The van der Waals surface area contributed by atoms with E-state index >= 15 is 0 Å². The largest absolute Gasteiger partial charge is 0.496 e. The van der Waals surface area contributed by atoms with Gasteiger partial charge < -0.3 is 9.84 Å². The van der Waals surface area contributed by atoms with E-state index in [0.29, 0.717) is 0 Å². The molecular formula is C14H16O2S. The van der Waals surface area contributed by atoms with Crippen molar-refractivity contribution in [3.8, 4) is 5.75 Å². The van der Waals surface area contributed by atoms with Gasteiger partial charge in [0.15, 0.2) is 0 Å². The number of hydrogen-bond acceptors (Lipinski definition) is 3. The molecule has 0 saturated heterocycles. The average Bonchev–Trinajstić information content (AvgIpc) is 2.75. The Bertz CT molecular complexity index is 517. The molecule has 0 fully saturated rings. The van der Waals surface area contributed by atoms with Crippen molar-refractivity contribution < 1.29 is 9.84 Å². The second kappa shape index (κ2) is 4.90. The first kappa shape index (κ1) is 12.1. The minimum Gasteiger partial charge on any atom is -0.496 e. The lowest BCUT2D eigenvalue weighted by molar-refractivity contribution is 0.224. The van der Waals surface area contributed by atoms with E-state index in [1.807, 2.05) is 44.2 Å². The van der Waals surface area contributed by atoms with Crippen LogP contribution in [0.4, 0.5) is 0 Å². The molecule has 3 heteroatoms. The highest BCUT2D eigenvalue weighted by atomic mass is 32.1. The van der Waals surface area contributed by atoms with Crippen LogP contribution in [0.25, 0.3) is 0 Å². The van der Waals surface area contributed by atoms with Gasteiger partial charge in [-0.15, -0.1) is 11.3 Å². The SMILES string of the molecule is COc1ccc(C(O)c2ccc(C)s2)cc1C. The van der Waals surface area contributed by atoms with Crippen molar-refractivity contribution in [2.45, 2.75) is 20.0 Å². The fraction of sp³-hybridized carbons (Fsp3) is 0.286. The molecule has 1 aromatic carbocycles. The smallest absolute Gasteiger partial charge is 0.121 e. The second-order valence-corrected chi connectivity index (χ2v) is 5.40. The van der Waals surface area contributed by atoms with E-state index in [1.54, 1.807) is 18.4 Å². The maximum Gasteiger partial charge on any atom is 0.121 e. The van der Waals surface area contributed by atoms with Gasteiger partial charge in [-0.1, -0.05) is 6.07 Å². The molecule has 0 amide bonds. The van der Waals surface area contributed by atoms with Gasteiger partial charge in [-0.2, -0.15) is 0 Å². The van der Waals surface area contributed by atoms with E-state index in [0.717, 1.165) is 21.8 Å². The molecule has 0 radical (unpaired) electrons. The second-order valence-electron chi connectivity index (χ2n) is 4.08. The molecule has 0 bridgehead atoms. The van der Waals surface area contributed by atoms with Gasteiger partial charge >= 0.3 is 0 Å². The maximum atomic E-state index is 10.3. The van der Waals surface area contributed by atoms with Crippen molar-refractivity contribution >= 4 is 11.3 Å². The summed E-state index contributed by atoms with van der Waals surface area (Å²) in [6, 6.07) is 9.78. The number of hydrogen-bond donors (Lipinski definition) is 1. The Hall–Kier alpha value is -1.32. The lowest BCUT2D eigenvalue weighted by Crippen LogP contribution is -1.98. The molecule has 0 spiro atoms. The molecule has 1 aromatic heterocycles. The van der Waals surface area contributed by atoms with Crippen LogP contribution in [0, 0.1) is 13.8 Å². The molecule has 90 valence electrons. The van der Waals surface area contributed by atoms with Crippen molar-refractivity contribution in [3.63, 3.8) is 0 Å². The Kier molecular flexibility index (Phi) is 3.50. The number of ether oxygens (including phenoxy) is 1. The van der Waals surface area contributed by atoms with Crippen LogP contribution in [0.3, 0.4) is 0 Å². The zero-order chi connectivity index (χ0) is 12.4. The summed E-state index contributed by atoms with van der Waals surface area (Å²) in [4.78, 5) is 2.19. The number of thiophene rings is 1. The summed E-state index contributed by atoms with van der Waals surface area (Å²) in [5, 5.41) is 10.3. The third-order valence-electron chi connectivity index (χ3n) is 2.77. The molecule has 17 heavy (non-hydrogen) atoms. The zero-order valence-electron chi connectivity index (χ0n) is 10.2. The molecule has 2 aromatic rings. The number of aliphatic hydroxyl groups is 1. The Morgan fingerprint density at radius 3 is 2.47 bits per heavy atom. The summed E-state index contributed by atoms with van der Waals surface area (Å²) in [7, 11) is 1.65. The molecule has 2 rings (SSSR count). The van der Waals surface area contributed by atoms with Gasteiger partial charge in [0.2, 0.25) is 0 Å². The van der Waals surface area contributed by atoms with Crippen molar-refractivity contribution in [2.75, 3.05) is 7.11 Å². The minimum atomic E-state index is -0.543. The lowest BCUT2D eigenvalue weighted by Gasteiger charge is -2.11. The van der Waals surface area contributed by atoms with E-state index < -0.39 is 6.10 Å². The van der Waals surface area contributed by atoms with E-state index in [4.69, 9.17) is 4.74 Å². The molecule has 0 aliphatic heterocycles. The maximum absolute atomic E-state index is 10.3. The van der Waals surface area contributed by atoms with Gasteiger partial charge in [-0.25, -0.2) is 0 Å². The van der Waals surface area contributed by atoms with Crippen molar-refractivity contribution in [3.05, 3.63) is 51.2 Å². The molecule has 1 N–H and O–H groups in total. The molecule has 0 aliphatic rings. The van der Waals surface area contributed by atoms with Gasteiger partial charge in [0.25, 0.3) is 0 Å². The van der Waals surface area contributed by atoms with Crippen LogP contribution in [-0.4, -0.2) is 12.2 Å². The van der Waals surface area contributed by atoms with Gasteiger partial charge in [0.1, 0.15) is 11.9 Å². The third kappa shape index (κ3) is 2.51. The predicted octanol–water partition coefficient (Wildman–Crippen LogP) is 3.46. The van der Waals surface area contributed by atoms with Gasteiger partial charge in [-0.05, 0) is 49.2 Å². The normalized spacial score (nSPS) is 12.5. The van der Waals surface area contributed by atoms with E-state index in [-0.39, 0.29) is 0 Å². The van der Waals surface area contributed by atoms with E-state index in [9.17, 15) is 5.11 Å². The Morgan fingerprint density at radius 1 is 1.18 bits per heavy atom.